The van der Waals surface area contributed by atoms with Gasteiger partial charge in [0.15, 0.2) is 0 Å². The summed E-state index contributed by atoms with van der Waals surface area (Å²) in [5, 5.41) is 3.43. The summed E-state index contributed by atoms with van der Waals surface area (Å²) in [5.41, 5.74) is 0.548. The van der Waals surface area contributed by atoms with Crippen molar-refractivity contribution < 1.29 is 22.6 Å². The molecule has 0 heterocycles. The summed E-state index contributed by atoms with van der Waals surface area (Å²) in [6.07, 6.45) is -0.923. The van der Waals surface area contributed by atoms with Crippen LogP contribution in [0.3, 0.4) is 0 Å². The van der Waals surface area contributed by atoms with Crippen molar-refractivity contribution in [3.05, 3.63) is 35.9 Å². The Balaban J connectivity index is 2.78. The van der Waals surface area contributed by atoms with Crippen LogP contribution < -0.4 is 9.95 Å². The van der Waals surface area contributed by atoms with E-state index in [0.29, 0.717) is 9.64 Å². The average Bonchev–Trinajstić information content (AvgIpc) is 2.63. The molecule has 0 radical (unpaired) electrons. The Labute approximate surface area is 177 Å². The number of carbonyl (C=O) groups is 1. The van der Waals surface area contributed by atoms with Gasteiger partial charge in [-0.25, -0.2) is 4.79 Å². The molecule has 11 heteroatoms. The zero-order chi connectivity index (χ0) is 21.2. The molecule has 0 fully saturated rings. The van der Waals surface area contributed by atoms with Gasteiger partial charge in [0.05, 0.1) is 6.54 Å². The second-order valence-corrected chi connectivity index (χ2v) is 9.68. The smallest absolute Gasteiger partial charge is 0.424 e. The highest BCUT2D eigenvalue weighted by Gasteiger charge is 2.31. The van der Waals surface area contributed by atoms with Crippen LogP contribution >= 0.6 is 15.9 Å². The highest BCUT2D eigenvalue weighted by atomic mass is 79.9. The minimum absolute atomic E-state index is 0.00596. The summed E-state index contributed by atoms with van der Waals surface area (Å²) < 4.78 is 38.8. The number of amides is 1. The Morgan fingerprint density at radius 1 is 1.29 bits per heavy atom. The molecule has 1 amide bonds. The Morgan fingerprint density at radius 3 is 2.46 bits per heavy atom. The van der Waals surface area contributed by atoms with Gasteiger partial charge in [-0.1, -0.05) is 67.0 Å². The Hall–Kier alpha value is -1.14. The number of hydrogen-bond acceptors (Lipinski definition) is 6. The molecular formula is C17H29BBrN3O5S. The van der Waals surface area contributed by atoms with Crippen molar-refractivity contribution in [3.63, 3.8) is 0 Å². The number of carbonyl (C=O) groups excluding carboxylic acids is 1. The molecule has 0 aliphatic carbocycles. The minimum atomic E-state index is -4.07. The maximum atomic E-state index is 12.7. The molecule has 0 saturated heterocycles. The van der Waals surface area contributed by atoms with Gasteiger partial charge in [-0.15, -0.1) is 0 Å². The van der Waals surface area contributed by atoms with Crippen molar-refractivity contribution in [2.24, 2.45) is 5.41 Å². The van der Waals surface area contributed by atoms with E-state index in [1.807, 2.05) is 39.0 Å². The lowest BCUT2D eigenvalue weighted by molar-refractivity contribution is 0.120. The van der Waals surface area contributed by atoms with Gasteiger partial charge in [0.1, 0.15) is 6.61 Å². The van der Waals surface area contributed by atoms with Crippen LogP contribution in [0.15, 0.2) is 30.3 Å². The van der Waals surface area contributed by atoms with Crippen LogP contribution in [0.5, 0.6) is 0 Å². The second kappa shape index (κ2) is 11.8. The number of rotatable bonds is 11. The van der Waals surface area contributed by atoms with E-state index in [4.69, 9.17) is 9.39 Å². The molecule has 0 spiro atoms. The topological polar surface area (TPSA) is 97.0 Å². The highest BCUT2D eigenvalue weighted by molar-refractivity contribution is 9.09. The first kappa shape index (κ1) is 24.9. The maximum Gasteiger partial charge on any atom is 0.424 e. The second-order valence-electron chi connectivity index (χ2n) is 7.21. The predicted octanol–water partition coefficient (Wildman–Crippen LogP) is 1.77. The van der Waals surface area contributed by atoms with Gasteiger partial charge >= 0.3 is 23.9 Å². The van der Waals surface area contributed by atoms with E-state index in [-0.39, 0.29) is 38.8 Å². The Morgan fingerprint density at radius 2 is 1.93 bits per heavy atom. The van der Waals surface area contributed by atoms with Gasteiger partial charge in [-0.2, -0.15) is 17.4 Å². The average molecular weight is 478 g/mol. The molecule has 0 aliphatic heterocycles. The molecule has 28 heavy (non-hydrogen) atoms. The van der Waals surface area contributed by atoms with Crippen molar-refractivity contribution in [3.8, 4) is 0 Å². The summed E-state index contributed by atoms with van der Waals surface area (Å²) >= 11 is 3.18. The van der Waals surface area contributed by atoms with Gasteiger partial charge in [0, 0.05) is 25.0 Å². The van der Waals surface area contributed by atoms with Crippen molar-refractivity contribution >= 4 is 39.8 Å². The van der Waals surface area contributed by atoms with Crippen LogP contribution in [0, 0.1) is 5.41 Å². The van der Waals surface area contributed by atoms with Crippen molar-refractivity contribution in [2.75, 3.05) is 25.5 Å². The molecule has 1 atom stereocenters. The zero-order valence-corrected chi connectivity index (χ0v) is 19.2. The summed E-state index contributed by atoms with van der Waals surface area (Å²) in [5.74, 6) is 0. The summed E-state index contributed by atoms with van der Waals surface area (Å²) in [4.78, 5) is 12.4. The summed E-state index contributed by atoms with van der Waals surface area (Å²) in [6, 6.07) is 8.87. The van der Waals surface area contributed by atoms with E-state index in [2.05, 4.69) is 25.9 Å². The molecule has 2 N–H and O–H groups in total. The van der Waals surface area contributed by atoms with E-state index < -0.39 is 16.3 Å². The minimum Gasteiger partial charge on any atom is -0.444 e. The van der Waals surface area contributed by atoms with Gasteiger partial charge < -0.3 is 14.6 Å². The quantitative estimate of drug-likeness (QED) is 0.372. The molecule has 0 unspecified atom stereocenters. The largest absolute Gasteiger partial charge is 0.444 e. The highest BCUT2D eigenvalue weighted by Crippen LogP contribution is 2.19. The molecule has 8 nitrogen and oxygen atoms in total. The van der Waals surface area contributed by atoms with Gasteiger partial charge in [-0.3, -0.25) is 0 Å². The lowest BCUT2D eigenvalue weighted by Crippen LogP contribution is -2.53. The first-order chi connectivity index (χ1) is 13.1. The van der Waals surface area contributed by atoms with E-state index in [1.54, 1.807) is 19.2 Å². The van der Waals surface area contributed by atoms with Crippen molar-refractivity contribution in [1.82, 2.24) is 14.3 Å². The van der Waals surface area contributed by atoms with E-state index in [9.17, 15) is 13.2 Å². The molecule has 0 aliphatic rings. The third-order valence-corrected chi connectivity index (χ3v) is 5.77. The monoisotopic (exact) mass is 477 g/mol. The van der Waals surface area contributed by atoms with Crippen LogP contribution in [0.1, 0.15) is 26.3 Å². The number of nitrogens with zero attached hydrogens (tertiary/aromatic N) is 1. The van der Waals surface area contributed by atoms with Crippen LogP contribution in [0.2, 0.25) is 0 Å². The van der Waals surface area contributed by atoms with Crippen molar-refractivity contribution in [1.29, 1.82) is 0 Å². The van der Waals surface area contributed by atoms with Gasteiger partial charge in [-0.05, 0) is 11.0 Å². The van der Waals surface area contributed by atoms with E-state index >= 15 is 0 Å². The number of nitrogens with one attached hydrogen (secondary N) is 2. The molecule has 158 valence electrons. The van der Waals surface area contributed by atoms with Crippen LogP contribution in [0.4, 0.5) is 4.79 Å². The SMILES string of the molecule is COBN[C@H](CNS(=O)(=O)N(CCBr)C(=O)OCc1ccccc1)C(C)(C)C. The lowest BCUT2D eigenvalue weighted by atomic mass is 9.85. The molecule has 0 aromatic heterocycles. The Bertz CT molecular complexity index is 700. The molecule has 1 aromatic carbocycles. The fourth-order valence-electron chi connectivity index (χ4n) is 2.31. The van der Waals surface area contributed by atoms with Crippen LogP contribution in [0.25, 0.3) is 0 Å². The van der Waals surface area contributed by atoms with Crippen LogP contribution in [-0.4, -0.2) is 58.0 Å². The maximum absolute atomic E-state index is 12.7. The third-order valence-electron chi connectivity index (χ3n) is 3.98. The first-order valence-corrected chi connectivity index (χ1v) is 11.4. The first-order valence-electron chi connectivity index (χ1n) is 8.88. The lowest BCUT2D eigenvalue weighted by Gasteiger charge is -2.32. The normalized spacial score (nSPS) is 13.0. The number of hydrogen-bond donors (Lipinski definition) is 2. The summed E-state index contributed by atoms with van der Waals surface area (Å²) in [6.45, 7) is 6.00. The fourth-order valence-corrected chi connectivity index (χ4v) is 4.02. The molecule has 1 aromatic rings. The third kappa shape index (κ3) is 8.48. The number of alkyl halides is 1. The van der Waals surface area contributed by atoms with Gasteiger partial charge in [0.2, 0.25) is 0 Å². The summed E-state index contributed by atoms with van der Waals surface area (Å²) in [7, 11) is -2.23. The molecule has 0 bridgehead atoms. The van der Waals surface area contributed by atoms with Crippen molar-refractivity contribution in [2.45, 2.75) is 33.4 Å². The zero-order valence-electron chi connectivity index (χ0n) is 16.8. The fraction of sp³-hybridized carbons (Fsp3) is 0.588. The Kier molecular flexibility index (Phi) is 10.5. The standard InChI is InChI=1S/C17H29BBrN3O5S/c1-17(2,3)15(21-18-26-4)12-20-28(24,25)22(11-10-19)16(23)27-13-14-8-6-5-7-9-14/h5-9,15,18,20-21H,10-13H2,1-4H3/t15-/m1/s1. The predicted molar refractivity (Wildman–Crippen MR) is 115 cm³/mol. The van der Waals surface area contributed by atoms with E-state index in [0.717, 1.165) is 5.56 Å². The van der Waals surface area contributed by atoms with E-state index in [1.165, 1.54) is 0 Å². The number of benzene rings is 1. The molecular weight excluding hydrogens is 449 g/mol. The number of halogens is 1. The molecule has 0 saturated carbocycles. The van der Waals surface area contributed by atoms with Gasteiger partial charge in [0.25, 0.3) is 0 Å². The number of ether oxygens (including phenoxy) is 1. The molecule has 1 rings (SSSR count). The van der Waals surface area contributed by atoms with Crippen LogP contribution in [-0.2, 0) is 26.2 Å².